The molecule has 0 unspecified atom stereocenters. The van der Waals surface area contributed by atoms with Crippen LogP contribution >= 0.6 is 0 Å². The van der Waals surface area contributed by atoms with Crippen LogP contribution in [0.2, 0.25) is 0 Å². The molecule has 0 saturated heterocycles. The number of carbonyl (C=O) groups is 1. The molecule has 0 spiro atoms. The Morgan fingerprint density at radius 2 is 2.00 bits per heavy atom. The molecule has 0 radical (unpaired) electrons. The number of amides is 1. The van der Waals surface area contributed by atoms with Crippen LogP contribution in [-0.2, 0) is 11.3 Å². The molecule has 2 rings (SSSR count). The third kappa shape index (κ3) is 4.29. The summed E-state index contributed by atoms with van der Waals surface area (Å²) >= 11 is 0. The van der Waals surface area contributed by atoms with Crippen LogP contribution in [0, 0.1) is 17.2 Å². The number of nitrogens with zero attached hydrogens (tertiary/aromatic N) is 4. The fraction of sp³-hybridized carbons (Fsp3) is 0.333. The van der Waals surface area contributed by atoms with E-state index in [4.69, 9.17) is 5.26 Å². The van der Waals surface area contributed by atoms with Crippen LogP contribution in [0.15, 0.2) is 47.3 Å². The molecule has 6 heteroatoms. The van der Waals surface area contributed by atoms with Crippen LogP contribution in [0.4, 0.5) is 0 Å². The first-order valence-corrected chi connectivity index (χ1v) is 7.86. The van der Waals surface area contributed by atoms with Crippen LogP contribution < -0.4 is 5.56 Å². The highest BCUT2D eigenvalue weighted by Crippen LogP contribution is 2.14. The third-order valence-corrected chi connectivity index (χ3v) is 3.67. The summed E-state index contributed by atoms with van der Waals surface area (Å²) in [6.45, 7) is 4.30. The topological polar surface area (TPSA) is 79.0 Å². The molecule has 0 fully saturated rings. The Balaban J connectivity index is 2.21. The molecule has 24 heavy (non-hydrogen) atoms. The number of aromatic nitrogens is 2. The van der Waals surface area contributed by atoms with Gasteiger partial charge in [-0.05, 0) is 19.9 Å². The predicted octanol–water partition coefficient (Wildman–Crippen LogP) is 1.92. The molecule has 0 aliphatic heterocycles. The Kier molecular flexibility index (Phi) is 5.85. The molecule has 124 valence electrons. The van der Waals surface area contributed by atoms with Crippen molar-refractivity contribution >= 4 is 5.91 Å². The molecule has 0 saturated carbocycles. The van der Waals surface area contributed by atoms with Crippen LogP contribution in [0.25, 0.3) is 11.3 Å². The second-order valence-electron chi connectivity index (χ2n) is 5.54. The van der Waals surface area contributed by atoms with Gasteiger partial charge >= 0.3 is 0 Å². The summed E-state index contributed by atoms with van der Waals surface area (Å²) < 4.78 is 1.17. The first-order chi connectivity index (χ1) is 11.5. The number of likely N-dealkylation sites (N-methyl/N-ethyl adjacent to an activating group) is 1. The van der Waals surface area contributed by atoms with Crippen LogP contribution in [0.3, 0.4) is 0 Å². The van der Waals surface area contributed by atoms with E-state index in [-0.39, 0.29) is 23.9 Å². The quantitative estimate of drug-likeness (QED) is 0.813. The van der Waals surface area contributed by atoms with Crippen molar-refractivity contribution in [3.63, 3.8) is 0 Å². The smallest absolute Gasteiger partial charge is 0.267 e. The Morgan fingerprint density at radius 1 is 1.29 bits per heavy atom. The monoisotopic (exact) mass is 324 g/mol. The molecule has 1 aromatic heterocycles. The van der Waals surface area contributed by atoms with E-state index >= 15 is 0 Å². The van der Waals surface area contributed by atoms with E-state index in [1.54, 1.807) is 17.9 Å². The average molecular weight is 324 g/mol. The molecule has 1 atom stereocenters. The Labute approximate surface area is 141 Å². The summed E-state index contributed by atoms with van der Waals surface area (Å²) in [5, 5.41) is 13.2. The second kappa shape index (κ2) is 8.06. The lowest BCUT2D eigenvalue weighted by Crippen LogP contribution is -2.39. The number of hydrogen-bond donors (Lipinski definition) is 0. The molecule has 1 aromatic carbocycles. The van der Waals surface area contributed by atoms with Gasteiger partial charge in [-0.3, -0.25) is 9.59 Å². The average Bonchev–Trinajstić information content (AvgIpc) is 2.61. The lowest BCUT2D eigenvalue weighted by Gasteiger charge is -2.22. The Bertz CT molecular complexity index is 793. The number of carbonyl (C=O) groups excluding carboxylic acids is 1. The summed E-state index contributed by atoms with van der Waals surface area (Å²) in [4.78, 5) is 26.0. The fourth-order valence-corrected chi connectivity index (χ4v) is 2.33. The van der Waals surface area contributed by atoms with Crippen molar-refractivity contribution < 1.29 is 4.79 Å². The van der Waals surface area contributed by atoms with Gasteiger partial charge in [-0.25, -0.2) is 4.68 Å². The number of nitriles is 1. The van der Waals surface area contributed by atoms with Gasteiger partial charge in [0.05, 0.1) is 17.7 Å². The van der Waals surface area contributed by atoms with Gasteiger partial charge in [0.15, 0.2) is 0 Å². The number of benzene rings is 1. The lowest BCUT2D eigenvalue weighted by atomic mass is 10.1. The minimum Gasteiger partial charge on any atom is -0.340 e. The zero-order chi connectivity index (χ0) is 17.5. The molecule has 6 nitrogen and oxygen atoms in total. The van der Waals surface area contributed by atoms with Gasteiger partial charge in [-0.2, -0.15) is 10.4 Å². The Morgan fingerprint density at radius 3 is 2.62 bits per heavy atom. The van der Waals surface area contributed by atoms with Gasteiger partial charge in [0, 0.05) is 24.7 Å². The van der Waals surface area contributed by atoms with Crippen LogP contribution in [0.1, 0.15) is 13.8 Å². The molecular formula is C18H20N4O2. The fourth-order valence-electron chi connectivity index (χ4n) is 2.33. The predicted molar refractivity (Wildman–Crippen MR) is 91.0 cm³/mol. The van der Waals surface area contributed by atoms with E-state index in [0.29, 0.717) is 18.8 Å². The van der Waals surface area contributed by atoms with Crippen LogP contribution in [-0.4, -0.2) is 33.7 Å². The minimum atomic E-state index is -0.326. The van der Waals surface area contributed by atoms with Crippen molar-refractivity contribution in [3.8, 4) is 17.3 Å². The third-order valence-electron chi connectivity index (χ3n) is 3.67. The summed E-state index contributed by atoms with van der Waals surface area (Å²) in [6.07, 6.45) is 0. The van der Waals surface area contributed by atoms with Crippen molar-refractivity contribution in [3.05, 3.63) is 52.8 Å². The summed E-state index contributed by atoms with van der Waals surface area (Å²) in [5.74, 6) is -0.478. The van der Waals surface area contributed by atoms with Gasteiger partial charge in [-0.15, -0.1) is 0 Å². The molecule has 0 N–H and O–H groups in total. The number of rotatable bonds is 6. The molecule has 0 aliphatic rings. The van der Waals surface area contributed by atoms with E-state index in [0.717, 1.165) is 5.56 Å². The maximum absolute atomic E-state index is 12.4. The first kappa shape index (κ1) is 17.4. The van der Waals surface area contributed by atoms with E-state index < -0.39 is 0 Å². The molecule has 0 bridgehead atoms. The van der Waals surface area contributed by atoms with Crippen LogP contribution in [0.5, 0.6) is 0 Å². The van der Waals surface area contributed by atoms with Crippen molar-refractivity contribution in [1.82, 2.24) is 14.7 Å². The number of hydrogen-bond acceptors (Lipinski definition) is 4. The maximum atomic E-state index is 12.4. The Hall–Kier alpha value is -2.94. The molecule has 1 amide bonds. The lowest BCUT2D eigenvalue weighted by molar-refractivity contribution is -0.132. The standard InChI is InChI=1S/C18H20N4O2/c1-3-21(12-14(2)11-19)18(24)13-22-17(23)10-9-16(20-22)15-7-5-4-6-8-15/h4-10,14H,3,12-13H2,1-2H3/t14-/m1/s1. The summed E-state index contributed by atoms with van der Waals surface area (Å²) in [6, 6.07) is 14.6. The maximum Gasteiger partial charge on any atom is 0.267 e. The van der Waals surface area contributed by atoms with Gasteiger partial charge in [0.2, 0.25) is 5.91 Å². The first-order valence-electron chi connectivity index (χ1n) is 7.86. The van der Waals surface area contributed by atoms with E-state index in [1.165, 1.54) is 10.7 Å². The van der Waals surface area contributed by atoms with Gasteiger partial charge in [-0.1, -0.05) is 30.3 Å². The zero-order valence-electron chi connectivity index (χ0n) is 13.8. The largest absolute Gasteiger partial charge is 0.340 e. The normalized spacial score (nSPS) is 11.5. The van der Waals surface area contributed by atoms with Gasteiger partial charge < -0.3 is 4.90 Å². The molecule has 0 aliphatic carbocycles. The molecular weight excluding hydrogens is 304 g/mol. The van der Waals surface area contributed by atoms with E-state index in [9.17, 15) is 9.59 Å². The second-order valence-corrected chi connectivity index (χ2v) is 5.54. The molecule has 1 heterocycles. The SMILES string of the molecule is CCN(C[C@H](C)C#N)C(=O)Cn1nc(-c2ccccc2)ccc1=O. The highest BCUT2D eigenvalue weighted by atomic mass is 16.2. The van der Waals surface area contributed by atoms with Gasteiger partial charge in [0.25, 0.3) is 5.56 Å². The summed E-state index contributed by atoms with van der Waals surface area (Å²) in [5.41, 5.74) is 1.19. The van der Waals surface area contributed by atoms with Gasteiger partial charge in [0.1, 0.15) is 6.54 Å². The van der Waals surface area contributed by atoms with Crippen molar-refractivity contribution in [2.45, 2.75) is 20.4 Å². The zero-order valence-corrected chi connectivity index (χ0v) is 13.8. The van der Waals surface area contributed by atoms with Crippen molar-refractivity contribution in [1.29, 1.82) is 5.26 Å². The van der Waals surface area contributed by atoms with Crippen molar-refractivity contribution in [2.75, 3.05) is 13.1 Å². The summed E-state index contributed by atoms with van der Waals surface area (Å²) in [7, 11) is 0. The van der Waals surface area contributed by atoms with E-state index in [2.05, 4.69) is 11.2 Å². The highest BCUT2D eigenvalue weighted by molar-refractivity contribution is 5.76. The molecule has 2 aromatic rings. The van der Waals surface area contributed by atoms with Crippen molar-refractivity contribution in [2.24, 2.45) is 5.92 Å². The minimum absolute atomic E-state index is 0.133. The highest BCUT2D eigenvalue weighted by Gasteiger charge is 2.16. The van der Waals surface area contributed by atoms with E-state index in [1.807, 2.05) is 37.3 Å².